The third-order valence-corrected chi connectivity index (χ3v) is 2.85. The summed E-state index contributed by atoms with van der Waals surface area (Å²) in [6, 6.07) is 0. The van der Waals surface area contributed by atoms with E-state index in [-0.39, 0.29) is 0 Å². The van der Waals surface area contributed by atoms with E-state index in [4.69, 9.17) is 14.2 Å². The van der Waals surface area contributed by atoms with Gasteiger partial charge in [-0.25, -0.2) is 14.8 Å². The number of carbonyl (C=O) groups is 1. The highest BCUT2D eigenvalue weighted by atomic mass is 79.9. The fourth-order valence-electron chi connectivity index (χ4n) is 1.50. The Hall–Kier alpha value is -1.45. The summed E-state index contributed by atoms with van der Waals surface area (Å²) in [7, 11) is 0. The average Bonchev–Trinajstić information content (AvgIpc) is 2.49. The number of nitrogens with one attached hydrogen (secondary N) is 2. The van der Waals surface area contributed by atoms with Crippen LogP contribution in [0.4, 0.5) is 10.7 Å². The van der Waals surface area contributed by atoms with Crippen molar-refractivity contribution in [1.29, 1.82) is 0 Å². The van der Waals surface area contributed by atoms with Gasteiger partial charge in [0.15, 0.2) is 0 Å². The van der Waals surface area contributed by atoms with Crippen molar-refractivity contribution in [2.45, 2.75) is 26.4 Å². The molecule has 0 atom stereocenters. The molecule has 0 aliphatic heterocycles. The SMILES string of the molecule is CC(C)(C)OC(=O)NCCOCCOCCNc1ncc(Br)cn1. The molecule has 0 aliphatic rings. The van der Waals surface area contributed by atoms with Gasteiger partial charge < -0.3 is 24.8 Å². The highest BCUT2D eigenvalue weighted by molar-refractivity contribution is 9.10. The van der Waals surface area contributed by atoms with E-state index < -0.39 is 11.7 Å². The van der Waals surface area contributed by atoms with Gasteiger partial charge in [0.25, 0.3) is 0 Å². The van der Waals surface area contributed by atoms with Gasteiger partial charge in [-0.05, 0) is 36.7 Å². The maximum absolute atomic E-state index is 11.4. The Morgan fingerprint density at radius 1 is 1.08 bits per heavy atom. The minimum Gasteiger partial charge on any atom is -0.444 e. The fraction of sp³-hybridized carbons (Fsp3) is 0.667. The lowest BCUT2D eigenvalue weighted by Crippen LogP contribution is -2.34. The number of ether oxygens (including phenoxy) is 3. The second-order valence-corrected chi connectivity index (χ2v) is 6.72. The maximum atomic E-state index is 11.4. The maximum Gasteiger partial charge on any atom is 0.407 e. The molecule has 1 rings (SSSR count). The van der Waals surface area contributed by atoms with E-state index in [9.17, 15) is 4.79 Å². The van der Waals surface area contributed by atoms with Gasteiger partial charge in [-0.15, -0.1) is 0 Å². The molecular formula is C15H25BrN4O4. The first-order chi connectivity index (χ1) is 11.4. The molecule has 0 aromatic carbocycles. The summed E-state index contributed by atoms with van der Waals surface area (Å²) in [5, 5.41) is 5.66. The van der Waals surface area contributed by atoms with Crippen molar-refractivity contribution in [3.05, 3.63) is 16.9 Å². The molecule has 0 spiro atoms. The van der Waals surface area contributed by atoms with E-state index in [2.05, 4.69) is 36.5 Å². The number of nitrogens with zero attached hydrogens (tertiary/aromatic N) is 2. The first kappa shape index (κ1) is 20.6. The van der Waals surface area contributed by atoms with Gasteiger partial charge in [-0.3, -0.25) is 0 Å². The number of hydrogen-bond donors (Lipinski definition) is 2. The van der Waals surface area contributed by atoms with Crippen LogP contribution >= 0.6 is 15.9 Å². The summed E-state index contributed by atoms with van der Waals surface area (Å²) in [5.74, 6) is 0.561. The van der Waals surface area contributed by atoms with Gasteiger partial charge in [0, 0.05) is 25.5 Å². The third-order valence-electron chi connectivity index (χ3n) is 2.44. The van der Waals surface area contributed by atoms with Gasteiger partial charge in [0.05, 0.1) is 30.9 Å². The average molecular weight is 405 g/mol. The van der Waals surface area contributed by atoms with Crippen molar-refractivity contribution in [3.63, 3.8) is 0 Å². The zero-order valence-corrected chi connectivity index (χ0v) is 15.9. The quantitative estimate of drug-likeness (QED) is 0.577. The molecule has 1 aromatic heterocycles. The van der Waals surface area contributed by atoms with E-state index >= 15 is 0 Å². The van der Waals surface area contributed by atoms with Gasteiger partial charge >= 0.3 is 6.09 Å². The number of aromatic nitrogens is 2. The van der Waals surface area contributed by atoms with E-state index in [1.807, 2.05) is 20.8 Å². The molecule has 0 unspecified atom stereocenters. The van der Waals surface area contributed by atoms with Crippen LogP contribution in [-0.2, 0) is 14.2 Å². The van der Waals surface area contributed by atoms with Crippen LogP contribution in [0.25, 0.3) is 0 Å². The van der Waals surface area contributed by atoms with Crippen LogP contribution < -0.4 is 10.6 Å². The molecule has 0 saturated heterocycles. The van der Waals surface area contributed by atoms with Gasteiger partial charge in [0.1, 0.15) is 5.60 Å². The van der Waals surface area contributed by atoms with Crippen LogP contribution in [0.5, 0.6) is 0 Å². The molecule has 0 radical (unpaired) electrons. The van der Waals surface area contributed by atoms with Crippen LogP contribution in [0.2, 0.25) is 0 Å². The minimum absolute atomic E-state index is 0.400. The van der Waals surface area contributed by atoms with Crippen molar-refractivity contribution >= 4 is 28.0 Å². The molecule has 1 aromatic rings. The number of hydrogen-bond acceptors (Lipinski definition) is 7. The van der Waals surface area contributed by atoms with Crippen LogP contribution in [0.15, 0.2) is 16.9 Å². The monoisotopic (exact) mass is 404 g/mol. The first-order valence-electron chi connectivity index (χ1n) is 7.70. The molecule has 9 heteroatoms. The van der Waals surface area contributed by atoms with E-state index in [0.717, 1.165) is 4.47 Å². The van der Waals surface area contributed by atoms with Gasteiger partial charge in [0.2, 0.25) is 5.95 Å². The highest BCUT2D eigenvalue weighted by Gasteiger charge is 2.15. The van der Waals surface area contributed by atoms with Crippen LogP contribution in [0, 0.1) is 0 Å². The Balaban J connectivity index is 1.88. The molecule has 1 heterocycles. The predicted molar refractivity (Wildman–Crippen MR) is 94.1 cm³/mol. The number of amides is 1. The highest BCUT2D eigenvalue weighted by Crippen LogP contribution is 2.06. The topological polar surface area (TPSA) is 94.6 Å². The lowest BCUT2D eigenvalue weighted by Gasteiger charge is -2.19. The summed E-state index contributed by atoms with van der Waals surface area (Å²) in [5.41, 5.74) is -0.492. The predicted octanol–water partition coefficient (Wildman–Crippen LogP) is 2.21. The van der Waals surface area contributed by atoms with Crippen molar-refractivity contribution in [2.75, 3.05) is 44.8 Å². The second-order valence-electron chi connectivity index (χ2n) is 5.81. The number of rotatable bonds is 10. The standard InChI is InChI=1S/C15H25BrN4O4/c1-15(2,3)24-14(21)18-5-7-23-9-8-22-6-4-17-13-19-10-12(16)11-20-13/h10-11H,4-9H2,1-3H3,(H,18,21)(H,17,19,20). The summed E-state index contributed by atoms with van der Waals surface area (Å²) >= 11 is 3.27. The van der Waals surface area contributed by atoms with Gasteiger partial charge in [-0.2, -0.15) is 0 Å². The number of halogens is 1. The molecule has 0 saturated carbocycles. The first-order valence-corrected chi connectivity index (χ1v) is 8.50. The molecule has 24 heavy (non-hydrogen) atoms. The lowest BCUT2D eigenvalue weighted by molar-refractivity contribution is 0.0415. The Bertz CT molecular complexity index is 479. The summed E-state index contributed by atoms with van der Waals surface area (Å²) < 4.78 is 16.7. The van der Waals surface area contributed by atoms with Crippen LogP contribution in [-0.4, -0.2) is 61.2 Å². The van der Waals surface area contributed by atoms with Crippen LogP contribution in [0.3, 0.4) is 0 Å². The van der Waals surface area contributed by atoms with Crippen LogP contribution in [0.1, 0.15) is 20.8 Å². The molecule has 8 nitrogen and oxygen atoms in total. The van der Waals surface area contributed by atoms with Crippen molar-refractivity contribution < 1.29 is 19.0 Å². The van der Waals surface area contributed by atoms with Crippen molar-refractivity contribution in [3.8, 4) is 0 Å². The lowest BCUT2D eigenvalue weighted by atomic mass is 10.2. The zero-order chi connectivity index (χ0) is 17.8. The minimum atomic E-state index is -0.492. The zero-order valence-electron chi connectivity index (χ0n) is 14.3. The van der Waals surface area contributed by atoms with Gasteiger partial charge in [-0.1, -0.05) is 0 Å². The number of alkyl carbamates (subject to hydrolysis) is 1. The molecule has 0 fully saturated rings. The molecule has 0 aliphatic carbocycles. The summed E-state index contributed by atoms with van der Waals surface area (Å²) in [6.45, 7) is 8.35. The number of anilines is 1. The Labute approximate surface area is 150 Å². The second kappa shape index (κ2) is 11.2. The fourth-order valence-corrected chi connectivity index (χ4v) is 1.70. The molecule has 0 bridgehead atoms. The third kappa shape index (κ3) is 11.1. The Morgan fingerprint density at radius 2 is 1.67 bits per heavy atom. The Morgan fingerprint density at radius 3 is 2.25 bits per heavy atom. The smallest absolute Gasteiger partial charge is 0.407 e. The molecular weight excluding hydrogens is 380 g/mol. The normalized spacial score (nSPS) is 11.2. The van der Waals surface area contributed by atoms with E-state index in [1.165, 1.54) is 0 Å². The molecule has 136 valence electrons. The summed E-state index contributed by atoms with van der Waals surface area (Å²) in [4.78, 5) is 19.5. The van der Waals surface area contributed by atoms with Crippen molar-refractivity contribution in [1.82, 2.24) is 15.3 Å². The molecule has 2 N–H and O–H groups in total. The summed E-state index contributed by atoms with van der Waals surface area (Å²) in [6.07, 6.45) is 2.91. The number of carbonyl (C=O) groups excluding carboxylic acids is 1. The Kier molecular flexibility index (Phi) is 9.58. The van der Waals surface area contributed by atoms with E-state index in [1.54, 1.807) is 12.4 Å². The largest absolute Gasteiger partial charge is 0.444 e. The molecule has 1 amide bonds. The van der Waals surface area contributed by atoms with Crippen molar-refractivity contribution in [2.24, 2.45) is 0 Å². The van der Waals surface area contributed by atoms with E-state index in [0.29, 0.717) is 45.5 Å².